The molecule has 4 aromatic rings. The quantitative estimate of drug-likeness (QED) is 0.276. The van der Waals surface area contributed by atoms with Crippen LogP contribution in [0.4, 0.5) is 5.69 Å². The summed E-state index contributed by atoms with van der Waals surface area (Å²) in [7, 11) is 3.20. The molecular formula is C28H30N4O3S. The molecule has 1 N–H and O–H groups in total. The van der Waals surface area contributed by atoms with Gasteiger partial charge in [-0.3, -0.25) is 9.36 Å². The van der Waals surface area contributed by atoms with Crippen molar-refractivity contribution in [3.63, 3.8) is 0 Å². The van der Waals surface area contributed by atoms with Crippen LogP contribution < -0.4 is 14.8 Å². The number of aryl methyl sites for hydroxylation is 2. The Kier molecular flexibility index (Phi) is 8.28. The summed E-state index contributed by atoms with van der Waals surface area (Å²) in [5.41, 5.74) is 4.92. The number of nitrogens with zero attached hydrogens (tertiary/aromatic N) is 3. The summed E-state index contributed by atoms with van der Waals surface area (Å²) in [6.45, 7) is 4.19. The minimum Gasteiger partial charge on any atom is -0.493 e. The normalized spacial score (nSPS) is 10.8. The van der Waals surface area contributed by atoms with E-state index in [9.17, 15) is 4.79 Å². The number of nitrogens with one attached hydrogen (secondary N) is 1. The van der Waals surface area contributed by atoms with Crippen molar-refractivity contribution >= 4 is 23.4 Å². The van der Waals surface area contributed by atoms with Gasteiger partial charge in [0.1, 0.15) is 0 Å². The average molecular weight is 503 g/mol. The number of rotatable bonds is 10. The van der Waals surface area contributed by atoms with Crippen LogP contribution in [0.5, 0.6) is 11.5 Å². The van der Waals surface area contributed by atoms with Gasteiger partial charge in [-0.25, -0.2) is 0 Å². The molecular weight excluding hydrogens is 472 g/mol. The van der Waals surface area contributed by atoms with Gasteiger partial charge in [0.25, 0.3) is 0 Å². The lowest BCUT2D eigenvalue weighted by Crippen LogP contribution is -2.17. The van der Waals surface area contributed by atoms with E-state index in [1.807, 2.05) is 59.2 Å². The van der Waals surface area contributed by atoms with Gasteiger partial charge in [0.05, 0.1) is 20.0 Å². The second kappa shape index (κ2) is 11.8. The highest BCUT2D eigenvalue weighted by atomic mass is 32.2. The number of carbonyl (C=O) groups excluding carboxylic acids is 1. The largest absolute Gasteiger partial charge is 0.493 e. The Morgan fingerprint density at radius 1 is 0.889 bits per heavy atom. The van der Waals surface area contributed by atoms with Crippen molar-refractivity contribution in [2.45, 2.75) is 31.8 Å². The monoisotopic (exact) mass is 502 g/mol. The molecule has 1 amide bonds. The first kappa shape index (κ1) is 25.3. The first-order valence-corrected chi connectivity index (χ1v) is 12.8. The average Bonchev–Trinajstić information content (AvgIpc) is 3.36. The number of ether oxygens (including phenoxy) is 2. The van der Waals surface area contributed by atoms with Crippen LogP contribution in [-0.2, 0) is 17.6 Å². The molecule has 186 valence electrons. The second-order valence-corrected chi connectivity index (χ2v) is 8.98. The van der Waals surface area contributed by atoms with Crippen LogP contribution in [0.25, 0.3) is 17.1 Å². The van der Waals surface area contributed by atoms with Gasteiger partial charge in [0, 0.05) is 16.9 Å². The summed E-state index contributed by atoms with van der Waals surface area (Å²) in [4.78, 5) is 13.0. The molecule has 0 saturated carbocycles. The van der Waals surface area contributed by atoms with E-state index in [-0.39, 0.29) is 11.7 Å². The highest BCUT2D eigenvalue weighted by molar-refractivity contribution is 7.99. The van der Waals surface area contributed by atoms with Crippen molar-refractivity contribution in [2.24, 2.45) is 0 Å². The van der Waals surface area contributed by atoms with E-state index in [0.29, 0.717) is 22.5 Å². The number of methoxy groups -OCH3 is 2. The molecule has 3 aromatic carbocycles. The number of thioether (sulfide) groups is 1. The maximum Gasteiger partial charge on any atom is 0.234 e. The minimum atomic E-state index is -0.0779. The summed E-state index contributed by atoms with van der Waals surface area (Å²) in [6.07, 6.45) is 1.71. The molecule has 0 aliphatic heterocycles. The van der Waals surface area contributed by atoms with Gasteiger partial charge in [-0.2, -0.15) is 0 Å². The zero-order valence-electron chi connectivity index (χ0n) is 20.9. The summed E-state index contributed by atoms with van der Waals surface area (Å²) in [5, 5.41) is 12.7. The first-order chi connectivity index (χ1) is 17.6. The van der Waals surface area contributed by atoms with E-state index in [4.69, 9.17) is 9.47 Å². The summed E-state index contributed by atoms with van der Waals surface area (Å²) in [6, 6.07) is 21.6. The van der Waals surface area contributed by atoms with E-state index in [1.54, 1.807) is 14.2 Å². The van der Waals surface area contributed by atoms with Crippen LogP contribution >= 0.6 is 11.8 Å². The third-order valence-electron chi connectivity index (χ3n) is 5.89. The molecule has 36 heavy (non-hydrogen) atoms. The van der Waals surface area contributed by atoms with Crippen LogP contribution in [-0.4, -0.2) is 40.6 Å². The molecule has 0 saturated heterocycles. The molecule has 0 spiro atoms. The van der Waals surface area contributed by atoms with Crippen molar-refractivity contribution in [1.82, 2.24) is 14.8 Å². The van der Waals surface area contributed by atoms with Crippen LogP contribution in [0.2, 0.25) is 0 Å². The summed E-state index contributed by atoms with van der Waals surface area (Å²) < 4.78 is 12.8. The predicted octanol–water partition coefficient (Wildman–Crippen LogP) is 5.81. The van der Waals surface area contributed by atoms with Crippen LogP contribution in [0.3, 0.4) is 0 Å². The number of hydrogen-bond acceptors (Lipinski definition) is 6. The molecule has 7 nitrogen and oxygen atoms in total. The van der Waals surface area contributed by atoms with E-state index < -0.39 is 0 Å². The van der Waals surface area contributed by atoms with Gasteiger partial charge in [-0.15, -0.1) is 10.2 Å². The molecule has 0 aliphatic carbocycles. The Labute approximate surface area is 215 Å². The van der Waals surface area contributed by atoms with E-state index >= 15 is 0 Å². The van der Waals surface area contributed by atoms with Gasteiger partial charge in [0.2, 0.25) is 5.91 Å². The van der Waals surface area contributed by atoms with Crippen molar-refractivity contribution in [3.8, 4) is 28.6 Å². The fraction of sp³-hybridized carbons (Fsp3) is 0.250. The maximum atomic E-state index is 13.0. The van der Waals surface area contributed by atoms with Crippen molar-refractivity contribution in [1.29, 1.82) is 0 Å². The SMILES string of the molecule is CCc1cccc(CC)c1NC(=O)CSc1nnc(-c2ccc(OC)c(OC)c2)n1-c1ccccc1. The Hall–Kier alpha value is -3.78. The molecule has 0 fully saturated rings. The predicted molar refractivity (Wildman–Crippen MR) is 144 cm³/mol. The lowest BCUT2D eigenvalue weighted by Gasteiger charge is -2.15. The number of para-hydroxylation sites is 2. The van der Waals surface area contributed by atoms with Gasteiger partial charge >= 0.3 is 0 Å². The van der Waals surface area contributed by atoms with Crippen LogP contribution in [0.1, 0.15) is 25.0 Å². The van der Waals surface area contributed by atoms with Crippen molar-refractivity contribution < 1.29 is 14.3 Å². The molecule has 1 aromatic heterocycles. The Balaban J connectivity index is 1.63. The number of benzene rings is 3. The van der Waals surface area contributed by atoms with E-state index in [0.717, 1.165) is 40.9 Å². The standard InChI is InChI=1S/C28H30N4O3S/c1-5-19-11-10-12-20(6-2)26(19)29-25(33)18-36-28-31-30-27(32(28)22-13-8-7-9-14-22)21-15-16-23(34-3)24(17-21)35-4/h7-17H,5-6,18H2,1-4H3,(H,29,33). The highest BCUT2D eigenvalue weighted by Crippen LogP contribution is 2.34. The Bertz CT molecular complexity index is 1320. The topological polar surface area (TPSA) is 78.3 Å². The van der Waals surface area contributed by atoms with E-state index in [2.05, 4.69) is 41.5 Å². The molecule has 4 rings (SSSR count). The number of carbonyl (C=O) groups is 1. The third kappa shape index (κ3) is 5.39. The first-order valence-electron chi connectivity index (χ1n) is 11.9. The van der Waals surface area contributed by atoms with Gasteiger partial charge < -0.3 is 14.8 Å². The molecule has 8 heteroatoms. The van der Waals surface area contributed by atoms with Crippen molar-refractivity contribution in [3.05, 3.63) is 77.9 Å². The van der Waals surface area contributed by atoms with Gasteiger partial charge in [0.15, 0.2) is 22.5 Å². The third-order valence-corrected chi connectivity index (χ3v) is 6.81. The zero-order chi connectivity index (χ0) is 25.5. The fourth-order valence-electron chi connectivity index (χ4n) is 4.04. The number of anilines is 1. The van der Waals surface area contributed by atoms with E-state index in [1.165, 1.54) is 11.8 Å². The Morgan fingerprint density at radius 3 is 2.22 bits per heavy atom. The molecule has 1 heterocycles. The maximum absolute atomic E-state index is 13.0. The molecule has 0 bridgehead atoms. The number of hydrogen-bond donors (Lipinski definition) is 1. The summed E-state index contributed by atoms with van der Waals surface area (Å²) >= 11 is 1.35. The number of amides is 1. The Morgan fingerprint density at radius 2 is 1.58 bits per heavy atom. The fourth-order valence-corrected chi connectivity index (χ4v) is 4.80. The zero-order valence-corrected chi connectivity index (χ0v) is 21.8. The van der Waals surface area contributed by atoms with Crippen LogP contribution in [0.15, 0.2) is 71.9 Å². The molecule has 0 radical (unpaired) electrons. The molecule has 0 atom stereocenters. The second-order valence-electron chi connectivity index (χ2n) is 8.04. The lowest BCUT2D eigenvalue weighted by molar-refractivity contribution is -0.113. The molecule has 0 aliphatic rings. The van der Waals surface area contributed by atoms with Gasteiger partial charge in [-0.1, -0.05) is 62.0 Å². The summed E-state index contributed by atoms with van der Waals surface area (Å²) in [5.74, 6) is 2.02. The minimum absolute atomic E-state index is 0.0779. The van der Waals surface area contributed by atoms with Gasteiger partial charge in [-0.05, 0) is 54.3 Å². The lowest BCUT2D eigenvalue weighted by atomic mass is 10.0. The smallest absolute Gasteiger partial charge is 0.234 e. The van der Waals surface area contributed by atoms with Crippen LogP contribution in [0, 0.1) is 0 Å². The highest BCUT2D eigenvalue weighted by Gasteiger charge is 2.19. The number of aromatic nitrogens is 3. The molecule has 0 unspecified atom stereocenters. The van der Waals surface area contributed by atoms with Crippen molar-refractivity contribution in [2.75, 3.05) is 25.3 Å².